The zero-order valence-corrected chi connectivity index (χ0v) is 24.1. The molecule has 0 spiro atoms. The van der Waals surface area contributed by atoms with Gasteiger partial charge in [0, 0.05) is 0 Å². The van der Waals surface area contributed by atoms with Gasteiger partial charge in [-0.25, -0.2) is 23.5 Å². The lowest BCUT2D eigenvalue weighted by Crippen LogP contribution is -2.67. The summed E-state index contributed by atoms with van der Waals surface area (Å²) in [5, 5.41) is 0.0666. The lowest BCUT2D eigenvalue weighted by Gasteiger charge is -2.49. The minimum Gasteiger partial charge on any atom is -0.468 e. The van der Waals surface area contributed by atoms with Crippen molar-refractivity contribution in [2.75, 3.05) is 14.2 Å². The van der Waals surface area contributed by atoms with Crippen molar-refractivity contribution < 1.29 is 19.1 Å². The predicted molar refractivity (Wildman–Crippen MR) is 149 cm³/mol. The molecule has 0 saturated heterocycles. The summed E-state index contributed by atoms with van der Waals surface area (Å²) in [5.41, 5.74) is -0.429. The van der Waals surface area contributed by atoms with Crippen LogP contribution in [0.15, 0.2) is 81.4 Å². The van der Waals surface area contributed by atoms with E-state index in [9.17, 15) is 19.2 Å². The van der Waals surface area contributed by atoms with E-state index in [0.717, 1.165) is 16.3 Å². The third kappa shape index (κ3) is 3.43. The Morgan fingerprint density at radius 1 is 0.872 bits per heavy atom. The smallest absolute Gasteiger partial charge is 0.352 e. The normalized spacial score (nSPS) is 21.7. The largest absolute Gasteiger partial charge is 0.468 e. The van der Waals surface area contributed by atoms with Crippen LogP contribution in [-0.4, -0.2) is 48.2 Å². The molecule has 9 nitrogen and oxygen atoms in total. The third-order valence-corrected chi connectivity index (χ3v) is 13.8. The molecule has 5 rings (SSSR count). The molecule has 0 unspecified atom stereocenters. The number of para-hydroxylation sites is 1. The van der Waals surface area contributed by atoms with Crippen molar-refractivity contribution in [3.05, 3.63) is 92.8 Å². The molecule has 0 saturated carbocycles. The number of nitrogens with zero attached hydrogens (tertiary/aromatic N) is 3. The Labute approximate surface area is 227 Å². The van der Waals surface area contributed by atoms with E-state index < -0.39 is 48.0 Å². The van der Waals surface area contributed by atoms with Crippen LogP contribution in [0.4, 0.5) is 0 Å². The third-order valence-electron chi connectivity index (χ3n) is 9.10. The first-order valence-electron chi connectivity index (χ1n) is 12.9. The highest BCUT2D eigenvalue weighted by molar-refractivity contribution is 6.92. The van der Waals surface area contributed by atoms with Crippen molar-refractivity contribution in [2.45, 2.75) is 51.0 Å². The second-order valence-corrected chi connectivity index (χ2v) is 15.9. The van der Waals surface area contributed by atoms with E-state index in [1.54, 1.807) is 28.9 Å². The number of allylic oxidation sites excluding steroid dienone is 2. The molecule has 2 heterocycles. The first-order valence-corrected chi connectivity index (χ1v) is 15.9. The second kappa shape index (κ2) is 9.08. The number of hydrogen-bond acceptors (Lipinski definition) is 6. The highest BCUT2D eigenvalue weighted by Gasteiger charge is 2.63. The Bertz CT molecular complexity index is 1600. The molecule has 0 radical (unpaired) electrons. The molecule has 0 N–H and O–H groups in total. The van der Waals surface area contributed by atoms with Gasteiger partial charge in [0.25, 0.3) is 0 Å². The zero-order valence-electron chi connectivity index (χ0n) is 23.1. The van der Waals surface area contributed by atoms with Crippen molar-refractivity contribution >= 4 is 25.2 Å². The highest BCUT2D eigenvalue weighted by atomic mass is 28.3. The van der Waals surface area contributed by atoms with Gasteiger partial charge in [-0.05, 0) is 50.0 Å². The Kier molecular flexibility index (Phi) is 6.21. The molecular formula is C29H33N3O6Si. The molecule has 2 aromatic carbocycles. The highest BCUT2D eigenvalue weighted by Crippen LogP contribution is 2.56. The summed E-state index contributed by atoms with van der Waals surface area (Å²) in [7, 11) is -0.232. The molecule has 0 bridgehead atoms. The van der Waals surface area contributed by atoms with Crippen LogP contribution in [0.1, 0.15) is 32.7 Å². The second-order valence-electron chi connectivity index (χ2n) is 11.1. The summed E-state index contributed by atoms with van der Waals surface area (Å²) < 4.78 is 14.6. The monoisotopic (exact) mass is 547 g/mol. The number of benzene rings is 2. The molecule has 39 heavy (non-hydrogen) atoms. The molecule has 204 valence electrons. The molecule has 2 atom stereocenters. The fourth-order valence-corrected chi connectivity index (χ4v) is 9.93. The molecule has 3 aromatic rings. The standard InChI is InChI=1S/C29H33N3O6Si/c1-19-22-17-29(24(33)37-3,25(34)38-4)18-23(22)28(2,39(5,6)21-15-11-8-12-16-21)32-27(36)30(26(35)31(19)32)20-13-9-7-10-14-20/h7-16,19H,17-18H2,1-6H3/t19-,28-/m0/s1. The summed E-state index contributed by atoms with van der Waals surface area (Å²) in [4.78, 5) is 54.8. The zero-order chi connectivity index (χ0) is 28.3. The minimum absolute atomic E-state index is 0.0446. The van der Waals surface area contributed by atoms with Crippen LogP contribution in [0.2, 0.25) is 13.1 Å². The molecule has 10 heteroatoms. The van der Waals surface area contributed by atoms with Gasteiger partial charge in [-0.3, -0.25) is 9.59 Å². The first-order chi connectivity index (χ1) is 18.5. The summed E-state index contributed by atoms with van der Waals surface area (Å²) >= 11 is 0. The van der Waals surface area contributed by atoms with Gasteiger partial charge in [0.2, 0.25) is 0 Å². The van der Waals surface area contributed by atoms with E-state index in [1.165, 1.54) is 23.5 Å². The van der Waals surface area contributed by atoms with Crippen molar-refractivity contribution in [2.24, 2.45) is 5.41 Å². The Hall–Kier alpha value is -3.92. The first kappa shape index (κ1) is 26.7. The fourth-order valence-electron chi connectivity index (χ4n) is 6.61. The minimum atomic E-state index is -2.74. The summed E-state index contributed by atoms with van der Waals surface area (Å²) in [6.07, 6.45) is 0.0950. The molecule has 1 aromatic heterocycles. The Balaban J connectivity index is 1.86. The number of methoxy groups -OCH3 is 2. The molecule has 0 fully saturated rings. The number of fused-ring (bicyclic) bond motifs is 1. The number of carbonyl (C=O) groups excluding carboxylic acids is 2. The Morgan fingerprint density at radius 3 is 1.95 bits per heavy atom. The fraction of sp³-hybridized carbons (Fsp3) is 0.379. The van der Waals surface area contributed by atoms with E-state index in [4.69, 9.17) is 9.47 Å². The van der Waals surface area contributed by atoms with Gasteiger partial charge in [0.05, 0.1) is 31.1 Å². The van der Waals surface area contributed by atoms with Gasteiger partial charge in [-0.2, -0.15) is 0 Å². The van der Waals surface area contributed by atoms with Gasteiger partial charge < -0.3 is 9.47 Å². The average Bonchev–Trinajstić information content (AvgIpc) is 3.49. The van der Waals surface area contributed by atoms with Crippen LogP contribution in [0, 0.1) is 5.41 Å². The number of rotatable bonds is 5. The van der Waals surface area contributed by atoms with Crippen LogP contribution in [0.5, 0.6) is 0 Å². The molecule has 2 aliphatic rings. The van der Waals surface area contributed by atoms with Crippen LogP contribution in [0.25, 0.3) is 5.69 Å². The number of esters is 2. The summed E-state index contributed by atoms with van der Waals surface area (Å²) in [5.74, 6) is -1.37. The van der Waals surface area contributed by atoms with E-state index in [1.807, 2.05) is 50.2 Å². The SMILES string of the molecule is COC(=O)C1(C(=O)OC)CC2=C(C1)[C@](C)([Si](C)(C)c1ccccc1)n1c(=O)n(-c3ccccc3)c(=O)n1[C@H]2C. The van der Waals surface area contributed by atoms with E-state index in [0.29, 0.717) is 5.69 Å². The molecule has 1 aliphatic carbocycles. The van der Waals surface area contributed by atoms with Gasteiger partial charge in [0.15, 0.2) is 5.41 Å². The van der Waals surface area contributed by atoms with E-state index in [2.05, 4.69) is 13.1 Å². The Morgan fingerprint density at radius 2 is 1.41 bits per heavy atom. The average molecular weight is 548 g/mol. The number of hydrogen-bond donors (Lipinski definition) is 0. The maximum Gasteiger partial charge on any atom is 0.352 e. The maximum atomic E-state index is 14.3. The van der Waals surface area contributed by atoms with Crippen LogP contribution in [-0.2, 0) is 24.2 Å². The summed E-state index contributed by atoms with van der Waals surface area (Å²) in [6, 6.07) is 18.2. The van der Waals surface area contributed by atoms with Crippen LogP contribution >= 0.6 is 0 Å². The van der Waals surface area contributed by atoms with Crippen molar-refractivity contribution in [1.82, 2.24) is 13.9 Å². The van der Waals surface area contributed by atoms with Gasteiger partial charge >= 0.3 is 23.3 Å². The summed E-state index contributed by atoms with van der Waals surface area (Å²) in [6.45, 7) is 8.12. The predicted octanol–water partition coefficient (Wildman–Crippen LogP) is 2.67. The van der Waals surface area contributed by atoms with Gasteiger partial charge in [0.1, 0.15) is 8.07 Å². The molecule has 1 aliphatic heterocycles. The molecular weight excluding hydrogens is 514 g/mol. The van der Waals surface area contributed by atoms with E-state index in [-0.39, 0.29) is 12.8 Å². The maximum absolute atomic E-state index is 14.3. The quantitative estimate of drug-likeness (QED) is 0.211. The topological polar surface area (TPSA) is 102 Å². The number of aromatic nitrogens is 3. The van der Waals surface area contributed by atoms with Crippen LogP contribution in [0.3, 0.4) is 0 Å². The van der Waals surface area contributed by atoms with Crippen molar-refractivity contribution in [3.63, 3.8) is 0 Å². The van der Waals surface area contributed by atoms with Gasteiger partial charge in [-0.15, -0.1) is 0 Å². The van der Waals surface area contributed by atoms with Gasteiger partial charge in [-0.1, -0.05) is 66.8 Å². The van der Waals surface area contributed by atoms with E-state index >= 15 is 0 Å². The lowest BCUT2D eigenvalue weighted by molar-refractivity contribution is -0.168. The number of ether oxygens (including phenoxy) is 2. The van der Waals surface area contributed by atoms with Crippen LogP contribution < -0.4 is 16.6 Å². The van der Waals surface area contributed by atoms with Crippen molar-refractivity contribution in [3.8, 4) is 5.69 Å². The molecule has 0 amide bonds. The lowest BCUT2D eigenvalue weighted by atomic mass is 9.83. The van der Waals surface area contributed by atoms with Crippen molar-refractivity contribution in [1.29, 1.82) is 0 Å². The number of carbonyl (C=O) groups is 2.